The second kappa shape index (κ2) is 4.45. The molecule has 1 aromatic carbocycles. The Hall–Kier alpha value is -1.35. The molecule has 0 fully saturated rings. The van der Waals surface area contributed by atoms with E-state index in [0.29, 0.717) is 6.54 Å². The quantitative estimate of drug-likeness (QED) is 0.827. The molecular formula is C12H16N2O. The third-order valence-corrected chi connectivity index (χ3v) is 2.55. The first kappa shape index (κ1) is 10.2. The van der Waals surface area contributed by atoms with Crippen LogP contribution in [0, 0.1) is 0 Å². The van der Waals surface area contributed by atoms with Gasteiger partial charge in [0.2, 0.25) is 0 Å². The van der Waals surface area contributed by atoms with Crippen LogP contribution in [0.4, 0.5) is 0 Å². The van der Waals surface area contributed by atoms with E-state index in [0.717, 1.165) is 18.4 Å². The molecule has 0 spiro atoms. The van der Waals surface area contributed by atoms with Gasteiger partial charge in [-0.3, -0.25) is 4.68 Å². The zero-order valence-electron chi connectivity index (χ0n) is 8.98. The summed E-state index contributed by atoms with van der Waals surface area (Å²) in [7, 11) is 0. The zero-order valence-corrected chi connectivity index (χ0v) is 8.98. The van der Waals surface area contributed by atoms with Crippen molar-refractivity contribution < 1.29 is 5.11 Å². The molecule has 1 heterocycles. The van der Waals surface area contributed by atoms with Crippen LogP contribution >= 0.6 is 0 Å². The minimum absolute atomic E-state index is 0.144. The number of rotatable bonds is 4. The lowest BCUT2D eigenvalue weighted by molar-refractivity contribution is 0.268. The molecule has 0 bridgehead atoms. The molecule has 2 aromatic rings. The fourth-order valence-electron chi connectivity index (χ4n) is 1.91. The first-order valence-electron chi connectivity index (χ1n) is 5.42. The van der Waals surface area contributed by atoms with Gasteiger partial charge in [-0.15, -0.1) is 0 Å². The van der Waals surface area contributed by atoms with Gasteiger partial charge in [-0.1, -0.05) is 31.5 Å². The van der Waals surface area contributed by atoms with Crippen LogP contribution in [0.5, 0.6) is 0 Å². The highest BCUT2D eigenvalue weighted by Gasteiger charge is 2.08. The van der Waals surface area contributed by atoms with E-state index in [1.165, 1.54) is 11.1 Å². The molecule has 80 valence electrons. The van der Waals surface area contributed by atoms with Crippen LogP contribution in [0.2, 0.25) is 0 Å². The predicted octanol–water partition coefficient (Wildman–Crippen LogP) is 1.98. The normalized spacial score (nSPS) is 11.1. The van der Waals surface area contributed by atoms with Gasteiger partial charge in [-0.05, 0) is 12.5 Å². The Bertz CT molecular complexity index is 448. The summed E-state index contributed by atoms with van der Waals surface area (Å²) in [4.78, 5) is 0. The lowest BCUT2D eigenvalue weighted by Crippen LogP contribution is -2.07. The van der Waals surface area contributed by atoms with Crippen LogP contribution in [0.15, 0.2) is 24.3 Å². The van der Waals surface area contributed by atoms with Crippen molar-refractivity contribution >= 4 is 10.9 Å². The van der Waals surface area contributed by atoms with Crippen LogP contribution < -0.4 is 0 Å². The monoisotopic (exact) mass is 204 g/mol. The molecule has 0 radical (unpaired) electrons. The third-order valence-electron chi connectivity index (χ3n) is 2.55. The summed E-state index contributed by atoms with van der Waals surface area (Å²) < 4.78 is 1.92. The lowest BCUT2D eigenvalue weighted by atomic mass is 10.1. The van der Waals surface area contributed by atoms with Gasteiger partial charge in [-0.2, -0.15) is 5.10 Å². The van der Waals surface area contributed by atoms with Gasteiger partial charge in [0.25, 0.3) is 0 Å². The largest absolute Gasteiger partial charge is 0.394 e. The van der Waals surface area contributed by atoms with E-state index in [4.69, 9.17) is 5.11 Å². The minimum Gasteiger partial charge on any atom is -0.394 e. The SMILES string of the molecule is CCCc1c2ccccc2nn1CCO. The van der Waals surface area contributed by atoms with Gasteiger partial charge >= 0.3 is 0 Å². The van der Waals surface area contributed by atoms with Crippen LogP contribution in [-0.2, 0) is 13.0 Å². The first-order valence-corrected chi connectivity index (χ1v) is 5.42. The number of aryl methyl sites for hydroxylation is 1. The second-order valence-corrected chi connectivity index (χ2v) is 3.66. The molecule has 0 unspecified atom stereocenters. The smallest absolute Gasteiger partial charge is 0.0926 e. The van der Waals surface area contributed by atoms with Gasteiger partial charge in [0.05, 0.1) is 18.7 Å². The number of aliphatic hydroxyl groups excluding tert-OH is 1. The first-order chi connectivity index (χ1) is 7.36. The number of nitrogens with zero attached hydrogens (tertiary/aromatic N) is 2. The molecule has 0 aliphatic heterocycles. The number of aromatic nitrogens is 2. The molecule has 0 aliphatic carbocycles. The molecule has 0 saturated heterocycles. The summed E-state index contributed by atoms with van der Waals surface area (Å²) in [5.41, 5.74) is 2.26. The highest BCUT2D eigenvalue weighted by molar-refractivity contribution is 5.81. The summed E-state index contributed by atoms with van der Waals surface area (Å²) >= 11 is 0. The van der Waals surface area contributed by atoms with E-state index >= 15 is 0 Å². The van der Waals surface area contributed by atoms with Gasteiger partial charge < -0.3 is 5.11 Å². The third kappa shape index (κ3) is 1.88. The summed E-state index contributed by atoms with van der Waals surface area (Å²) in [6.45, 7) is 2.89. The Balaban J connectivity index is 2.53. The Labute approximate surface area is 89.3 Å². The summed E-state index contributed by atoms with van der Waals surface area (Å²) in [5, 5.41) is 14.7. The molecule has 15 heavy (non-hydrogen) atoms. The van der Waals surface area contributed by atoms with Crippen molar-refractivity contribution in [1.29, 1.82) is 0 Å². The van der Waals surface area contributed by atoms with Crippen LogP contribution in [-0.4, -0.2) is 21.5 Å². The lowest BCUT2D eigenvalue weighted by Gasteiger charge is -2.04. The molecule has 0 aliphatic rings. The molecule has 3 nitrogen and oxygen atoms in total. The summed E-state index contributed by atoms with van der Waals surface area (Å²) in [5.74, 6) is 0. The van der Waals surface area contributed by atoms with Crippen molar-refractivity contribution in [2.75, 3.05) is 6.61 Å². The van der Waals surface area contributed by atoms with Crippen LogP contribution in [0.25, 0.3) is 10.9 Å². The van der Waals surface area contributed by atoms with Gasteiger partial charge in [0, 0.05) is 11.1 Å². The molecule has 0 atom stereocenters. The Morgan fingerprint density at radius 2 is 2.13 bits per heavy atom. The number of hydrogen-bond donors (Lipinski definition) is 1. The maximum Gasteiger partial charge on any atom is 0.0926 e. The number of aliphatic hydroxyl groups is 1. The fraction of sp³-hybridized carbons (Fsp3) is 0.417. The maximum absolute atomic E-state index is 8.98. The average Bonchev–Trinajstić information content (AvgIpc) is 2.59. The van der Waals surface area contributed by atoms with Gasteiger partial charge in [-0.25, -0.2) is 0 Å². The number of hydrogen-bond acceptors (Lipinski definition) is 2. The zero-order chi connectivity index (χ0) is 10.7. The topological polar surface area (TPSA) is 38.0 Å². The van der Waals surface area contributed by atoms with E-state index in [1.807, 2.05) is 22.9 Å². The predicted molar refractivity (Wildman–Crippen MR) is 60.8 cm³/mol. The Kier molecular flexibility index (Phi) is 3.02. The van der Waals surface area contributed by atoms with Crippen LogP contribution in [0.1, 0.15) is 19.0 Å². The van der Waals surface area contributed by atoms with Crippen LogP contribution in [0.3, 0.4) is 0 Å². The number of fused-ring (bicyclic) bond motifs is 1. The van der Waals surface area contributed by atoms with Gasteiger partial charge in [0.15, 0.2) is 0 Å². The van der Waals surface area contributed by atoms with Gasteiger partial charge in [0.1, 0.15) is 0 Å². The van der Waals surface area contributed by atoms with E-state index < -0.39 is 0 Å². The van der Waals surface area contributed by atoms with Crippen molar-refractivity contribution in [2.24, 2.45) is 0 Å². The molecule has 2 rings (SSSR count). The standard InChI is InChI=1S/C12H16N2O/c1-2-5-12-10-6-3-4-7-11(10)13-14(12)8-9-15/h3-4,6-7,15H,2,5,8-9H2,1H3. The van der Waals surface area contributed by atoms with E-state index in [2.05, 4.69) is 18.1 Å². The molecule has 1 aromatic heterocycles. The minimum atomic E-state index is 0.144. The highest BCUT2D eigenvalue weighted by Crippen LogP contribution is 2.19. The average molecular weight is 204 g/mol. The summed E-state index contributed by atoms with van der Waals surface area (Å²) in [6, 6.07) is 8.14. The van der Waals surface area contributed by atoms with E-state index in [9.17, 15) is 0 Å². The highest BCUT2D eigenvalue weighted by atomic mass is 16.3. The van der Waals surface area contributed by atoms with Crippen molar-refractivity contribution in [1.82, 2.24) is 9.78 Å². The molecule has 3 heteroatoms. The summed E-state index contributed by atoms with van der Waals surface area (Å²) in [6.07, 6.45) is 2.11. The molecule has 0 amide bonds. The fourth-order valence-corrected chi connectivity index (χ4v) is 1.91. The molecule has 1 N–H and O–H groups in total. The second-order valence-electron chi connectivity index (χ2n) is 3.66. The van der Waals surface area contributed by atoms with Crippen molar-refractivity contribution in [3.05, 3.63) is 30.0 Å². The number of benzene rings is 1. The van der Waals surface area contributed by atoms with E-state index in [1.54, 1.807) is 0 Å². The van der Waals surface area contributed by atoms with Crippen molar-refractivity contribution in [3.63, 3.8) is 0 Å². The maximum atomic E-state index is 8.98. The van der Waals surface area contributed by atoms with Crippen molar-refractivity contribution in [2.45, 2.75) is 26.3 Å². The Morgan fingerprint density at radius 3 is 2.87 bits per heavy atom. The molecular weight excluding hydrogens is 188 g/mol. The molecule has 0 saturated carbocycles. The van der Waals surface area contributed by atoms with Crippen molar-refractivity contribution in [3.8, 4) is 0 Å². The Morgan fingerprint density at radius 1 is 1.33 bits per heavy atom. The van der Waals surface area contributed by atoms with E-state index in [-0.39, 0.29) is 6.61 Å².